The number of rotatable bonds is 35. The highest BCUT2D eigenvalue weighted by Crippen LogP contribution is 2.18. The number of alkyl carbamates (subject to hydrolysis) is 1. The quantitative estimate of drug-likeness (QED) is 0.0697. The molecule has 0 saturated heterocycles. The Bertz CT molecular complexity index is 906. The molecule has 0 fully saturated rings. The van der Waals surface area contributed by atoms with Gasteiger partial charge < -0.3 is 15.4 Å². The Morgan fingerprint density at radius 1 is 0.551 bits per heavy atom. The number of hydrogen-bond donors (Lipinski definition) is 2. The lowest BCUT2D eigenvalue weighted by Gasteiger charge is -2.17. The topological polar surface area (TPSA) is 84.5 Å². The number of carbonyl (C=O) groups excluding carboxylic acids is 3. The van der Waals surface area contributed by atoms with E-state index in [-0.39, 0.29) is 24.2 Å². The smallest absolute Gasteiger partial charge is 0.407 e. The third kappa shape index (κ3) is 29.1. The molecule has 0 heterocycles. The van der Waals surface area contributed by atoms with E-state index in [0.717, 1.165) is 44.1 Å². The molecule has 1 aromatic rings. The zero-order valence-electron chi connectivity index (χ0n) is 32.0. The van der Waals surface area contributed by atoms with Gasteiger partial charge in [-0.3, -0.25) is 9.59 Å². The van der Waals surface area contributed by atoms with E-state index in [9.17, 15) is 14.4 Å². The van der Waals surface area contributed by atoms with Gasteiger partial charge in [0, 0.05) is 31.8 Å². The van der Waals surface area contributed by atoms with E-state index in [4.69, 9.17) is 4.74 Å². The Kier molecular flexibility index (Phi) is 31.1. The number of nitrogens with one attached hydrogen (secondary N) is 2. The van der Waals surface area contributed by atoms with Crippen molar-refractivity contribution in [3.8, 4) is 0 Å². The minimum absolute atomic E-state index is 0.0184. The molecule has 1 aromatic carbocycles. The Labute approximate surface area is 302 Å². The molecular weight excluding hydrogens is 608 g/mol. The van der Waals surface area contributed by atoms with Gasteiger partial charge in [-0.05, 0) is 31.2 Å². The number of ketones is 1. The normalized spacial score (nSPS) is 11.7. The van der Waals surface area contributed by atoms with Crippen LogP contribution < -0.4 is 10.6 Å². The summed E-state index contributed by atoms with van der Waals surface area (Å²) >= 11 is 0. The predicted octanol–water partition coefficient (Wildman–Crippen LogP) is 12.2. The molecule has 1 atom stereocenters. The number of benzene rings is 1. The number of carbonyl (C=O) groups is 3. The summed E-state index contributed by atoms with van der Waals surface area (Å²) in [5.74, 6) is -0.0581. The number of Topliss-reactive ketones (excluding diaryl/α,β-unsaturated/α-hetero) is 1. The number of hydrogen-bond acceptors (Lipinski definition) is 4. The summed E-state index contributed by atoms with van der Waals surface area (Å²) in [4.78, 5) is 38.2. The summed E-state index contributed by atoms with van der Waals surface area (Å²) in [6.45, 7) is 5.95. The fourth-order valence-corrected chi connectivity index (χ4v) is 6.49. The van der Waals surface area contributed by atoms with Gasteiger partial charge in [0.25, 0.3) is 0 Å². The van der Waals surface area contributed by atoms with E-state index in [0.29, 0.717) is 32.4 Å². The van der Waals surface area contributed by atoms with E-state index in [1.165, 1.54) is 122 Å². The molecular formula is C43H76N2O4. The molecule has 0 unspecified atom stereocenters. The van der Waals surface area contributed by atoms with Crippen molar-refractivity contribution in [2.45, 2.75) is 200 Å². The molecule has 6 nitrogen and oxygen atoms in total. The lowest BCUT2D eigenvalue weighted by atomic mass is 9.93. The first-order chi connectivity index (χ1) is 24.1. The Hall–Kier alpha value is -2.37. The van der Waals surface area contributed by atoms with Crippen LogP contribution in [0.2, 0.25) is 0 Å². The van der Waals surface area contributed by atoms with Crippen molar-refractivity contribution in [2.24, 2.45) is 5.92 Å². The molecule has 0 radical (unpaired) electrons. The van der Waals surface area contributed by atoms with E-state index in [1.54, 1.807) is 0 Å². The maximum absolute atomic E-state index is 13.2. The van der Waals surface area contributed by atoms with Gasteiger partial charge in [0.05, 0.1) is 0 Å². The van der Waals surface area contributed by atoms with E-state index < -0.39 is 6.09 Å². The molecule has 0 aliphatic rings. The van der Waals surface area contributed by atoms with E-state index >= 15 is 0 Å². The molecule has 0 aromatic heterocycles. The second kappa shape index (κ2) is 34.1. The van der Waals surface area contributed by atoms with Crippen LogP contribution in [-0.2, 0) is 20.9 Å². The van der Waals surface area contributed by atoms with Crippen LogP contribution in [0.1, 0.15) is 199 Å². The van der Waals surface area contributed by atoms with Crippen molar-refractivity contribution in [2.75, 3.05) is 13.1 Å². The standard InChI is InChI=1S/C43H76N2O4/c1-3-5-7-9-11-13-15-16-17-18-20-22-27-34-41(46)37-40(42(47)44-35-29-23-21-19-14-12-10-8-6-4-2)33-28-30-36-45-43(48)49-38-39-31-25-24-26-32-39/h24-26,31-32,40H,3-23,27-30,33-38H2,1-2H3,(H,44,47)(H,45,48)/t40-/m1/s1. The number of ether oxygens (including phenoxy) is 1. The van der Waals surface area contributed by atoms with Crippen LogP contribution in [0.15, 0.2) is 30.3 Å². The van der Waals surface area contributed by atoms with Crippen molar-refractivity contribution in [1.82, 2.24) is 10.6 Å². The highest BCUT2D eigenvalue weighted by Gasteiger charge is 2.21. The van der Waals surface area contributed by atoms with Crippen LogP contribution >= 0.6 is 0 Å². The molecule has 282 valence electrons. The van der Waals surface area contributed by atoms with Crippen molar-refractivity contribution in [3.63, 3.8) is 0 Å². The minimum Gasteiger partial charge on any atom is -0.445 e. The van der Waals surface area contributed by atoms with Gasteiger partial charge in [-0.15, -0.1) is 0 Å². The average Bonchev–Trinajstić information content (AvgIpc) is 3.11. The summed E-state index contributed by atoms with van der Waals surface area (Å²) in [6.07, 6.45) is 32.1. The van der Waals surface area contributed by atoms with Crippen LogP contribution in [0, 0.1) is 5.92 Å². The van der Waals surface area contributed by atoms with Gasteiger partial charge in [-0.25, -0.2) is 4.79 Å². The minimum atomic E-state index is -0.428. The Morgan fingerprint density at radius 3 is 1.53 bits per heavy atom. The van der Waals surface area contributed by atoms with Gasteiger partial charge in [0.15, 0.2) is 0 Å². The lowest BCUT2D eigenvalue weighted by molar-refractivity contribution is -0.129. The number of unbranched alkanes of at least 4 members (excludes halogenated alkanes) is 22. The lowest BCUT2D eigenvalue weighted by Crippen LogP contribution is -2.33. The van der Waals surface area contributed by atoms with Crippen molar-refractivity contribution < 1.29 is 19.1 Å². The SMILES string of the molecule is CCCCCCCCCCCCCCCC(=O)C[C@@H](CCCCNC(=O)OCc1ccccc1)C(=O)NCCCCCCCCCCCC. The molecule has 6 heteroatoms. The summed E-state index contributed by atoms with van der Waals surface area (Å²) in [5.41, 5.74) is 0.952. The monoisotopic (exact) mass is 685 g/mol. The van der Waals surface area contributed by atoms with Crippen molar-refractivity contribution >= 4 is 17.8 Å². The van der Waals surface area contributed by atoms with Crippen LogP contribution in [0.5, 0.6) is 0 Å². The largest absolute Gasteiger partial charge is 0.445 e. The van der Waals surface area contributed by atoms with Crippen molar-refractivity contribution in [1.29, 1.82) is 0 Å². The Balaban J connectivity index is 2.29. The first kappa shape index (κ1) is 44.7. The summed E-state index contributed by atoms with van der Waals surface area (Å²) < 4.78 is 5.29. The first-order valence-electron chi connectivity index (χ1n) is 20.8. The van der Waals surface area contributed by atoms with Gasteiger partial charge >= 0.3 is 6.09 Å². The molecule has 2 N–H and O–H groups in total. The zero-order valence-corrected chi connectivity index (χ0v) is 32.0. The number of amides is 2. The van der Waals surface area contributed by atoms with Crippen molar-refractivity contribution in [3.05, 3.63) is 35.9 Å². The Morgan fingerprint density at radius 2 is 1.00 bits per heavy atom. The molecule has 0 saturated carbocycles. The summed E-state index contributed by atoms with van der Waals surface area (Å²) in [7, 11) is 0. The highest BCUT2D eigenvalue weighted by molar-refractivity contribution is 5.86. The molecule has 2 amide bonds. The summed E-state index contributed by atoms with van der Waals surface area (Å²) in [6, 6.07) is 9.63. The van der Waals surface area contributed by atoms with Gasteiger partial charge in [0.1, 0.15) is 12.4 Å². The fourth-order valence-electron chi connectivity index (χ4n) is 6.49. The molecule has 49 heavy (non-hydrogen) atoms. The second-order valence-electron chi connectivity index (χ2n) is 14.4. The van der Waals surface area contributed by atoms with Gasteiger partial charge in [-0.2, -0.15) is 0 Å². The molecule has 0 bridgehead atoms. The van der Waals surface area contributed by atoms with Crippen LogP contribution in [0.25, 0.3) is 0 Å². The zero-order chi connectivity index (χ0) is 35.5. The van der Waals surface area contributed by atoms with Crippen LogP contribution in [0.4, 0.5) is 4.79 Å². The van der Waals surface area contributed by atoms with Gasteiger partial charge in [-0.1, -0.05) is 185 Å². The van der Waals surface area contributed by atoms with E-state index in [1.807, 2.05) is 30.3 Å². The molecule has 0 aliphatic heterocycles. The van der Waals surface area contributed by atoms with Crippen LogP contribution in [-0.4, -0.2) is 30.9 Å². The first-order valence-corrected chi connectivity index (χ1v) is 20.8. The summed E-state index contributed by atoms with van der Waals surface area (Å²) in [5, 5.41) is 5.95. The highest BCUT2D eigenvalue weighted by atomic mass is 16.5. The van der Waals surface area contributed by atoms with Crippen LogP contribution in [0.3, 0.4) is 0 Å². The van der Waals surface area contributed by atoms with E-state index in [2.05, 4.69) is 24.5 Å². The molecule has 0 spiro atoms. The third-order valence-corrected chi connectivity index (χ3v) is 9.70. The second-order valence-corrected chi connectivity index (χ2v) is 14.4. The van der Waals surface area contributed by atoms with Gasteiger partial charge in [0.2, 0.25) is 5.91 Å². The molecule has 0 aliphatic carbocycles. The molecule has 1 rings (SSSR count). The maximum atomic E-state index is 13.2. The predicted molar refractivity (Wildman–Crippen MR) is 207 cm³/mol. The maximum Gasteiger partial charge on any atom is 0.407 e. The third-order valence-electron chi connectivity index (χ3n) is 9.70. The fraction of sp³-hybridized carbons (Fsp3) is 0.791. The average molecular weight is 685 g/mol.